The van der Waals surface area contributed by atoms with Crippen LogP contribution in [0.3, 0.4) is 0 Å². The highest BCUT2D eigenvalue weighted by Crippen LogP contribution is 2.26. The summed E-state index contributed by atoms with van der Waals surface area (Å²) in [4.78, 5) is 27.5. The molecule has 0 bridgehead atoms. The van der Waals surface area contributed by atoms with Crippen LogP contribution in [0.25, 0.3) is 0 Å². The molecule has 2 amide bonds. The number of benzene rings is 3. The minimum atomic E-state index is -4.20. The molecule has 8 nitrogen and oxygen atoms in total. The Balaban J connectivity index is 2.00. The summed E-state index contributed by atoms with van der Waals surface area (Å²) in [5.74, 6) is -1.11. The van der Waals surface area contributed by atoms with E-state index in [0.717, 1.165) is 4.31 Å². The first-order valence-electron chi connectivity index (χ1n) is 12.3. The number of nitrogens with one attached hydrogen (secondary N) is 1. The molecule has 0 aromatic heterocycles. The molecule has 1 unspecified atom stereocenters. The van der Waals surface area contributed by atoms with Crippen molar-refractivity contribution in [1.82, 2.24) is 10.2 Å². The van der Waals surface area contributed by atoms with Crippen molar-refractivity contribution in [3.8, 4) is 5.75 Å². The first-order valence-corrected chi connectivity index (χ1v) is 13.7. The fourth-order valence-electron chi connectivity index (χ4n) is 3.84. The summed E-state index contributed by atoms with van der Waals surface area (Å²) in [5.41, 5.74) is 0.476. The van der Waals surface area contributed by atoms with Crippen molar-refractivity contribution in [2.45, 2.75) is 38.3 Å². The number of para-hydroxylation sites is 1. The molecular formula is C28H32FN3O5S. The first kappa shape index (κ1) is 28.6. The topological polar surface area (TPSA) is 96.0 Å². The standard InChI is InChI=1S/C28H32FN3O5S/c1-4-30-28(34)21(3)31(19-22-11-9-10-14-26(22)29)27(33)20-32(23-12-7-6-8-13-23)38(35,36)25-17-15-24(16-18-25)37-5-2/h6-18,21H,4-5,19-20H2,1-3H3,(H,30,34). The lowest BCUT2D eigenvalue weighted by molar-refractivity contribution is -0.139. The number of sulfonamides is 1. The molecule has 3 rings (SSSR count). The summed E-state index contributed by atoms with van der Waals surface area (Å²) in [5, 5.41) is 2.67. The molecule has 0 saturated heterocycles. The number of carbonyl (C=O) groups excluding carboxylic acids is 2. The van der Waals surface area contributed by atoms with Gasteiger partial charge in [0.15, 0.2) is 0 Å². The minimum absolute atomic E-state index is 0.0324. The Morgan fingerprint density at radius 1 is 0.947 bits per heavy atom. The number of anilines is 1. The molecule has 1 atom stereocenters. The molecule has 202 valence electrons. The van der Waals surface area contributed by atoms with Gasteiger partial charge in [0.2, 0.25) is 11.8 Å². The van der Waals surface area contributed by atoms with E-state index in [2.05, 4.69) is 5.32 Å². The number of rotatable bonds is 12. The normalized spacial score (nSPS) is 11.9. The van der Waals surface area contributed by atoms with Gasteiger partial charge < -0.3 is 15.0 Å². The van der Waals surface area contributed by atoms with Crippen LogP contribution in [0.15, 0.2) is 83.8 Å². The molecule has 0 aliphatic heterocycles. The van der Waals surface area contributed by atoms with Crippen LogP contribution in [-0.4, -0.2) is 50.9 Å². The van der Waals surface area contributed by atoms with Gasteiger partial charge in [-0.1, -0.05) is 36.4 Å². The number of hydrogen-bond donors (Lipinski definition) is 1. The van der Waals surface area contributed by atoms with Gasteiger partial charge in [-0.25, -0.2) is 12.8 Å². The van der Waals surface area contributed by atoms with Crippen LogP contribution in [0.5, 0.6) is 5.75 Å². The molecule has 0 spiro atoms. The lowest BCUT2D eigenvalue weighted by atomic mass is 10.1. The van der Waals surface area contributed by atoms with Crippen molar-refractivity contribution in [3.63, 3.8) is 0 Å². The molecule has 1 N–H and O–H groups in total. The van der Waals surface area contributed by atoms with Crippen LogP contribution in [0, 0.1) is 5.82 Å². The molecule has 0 aliphatic carbocycles. The molecule has 3 aromatic carbocycles. The maximum absolute atomic E-state index is 14.5. The lowest BCUT2D eigenvalue weighted by Crippen LogP contribution is -2.51. The van der Waals surface area contributed by atoms with Gasteiger partial charge in [0.25, 0.3) is 10.0 Å². The zero-order valence-corrected chi connectivity index (χ0v) is 22.4. The van der Waals surface area contributed by atoms with Gasteiger partial charge in [-0.15, -0.1) is 0 Å². The molecule has 38 heavy (non-hydrogen) atoms. The second kappa shape index (κ2) is 13.0. The SMILES string of the molecule is CCNC(=O)C(C)N(Cc1ccccc1F)C(=O)CN(c1ccccc1)S(=O)(=O)c1ccc(OCC)cc1. The van der Waals surface area contributed by atoms with Gasteiger partial charge in [-0.2, -0.15) is 0 Å². The van der Waals surface area contributed by atoms with Crippen molar-refractivity contribution in [2.24, 2.45) is 0 Å². The second-order valence-corrected chi connectivity index (χ2v) is 10.3. The molecule has 0 heterocycles. The third kappa shape index (κ3) is 6.89. The zero-order valence-electron chi connectivity index (χ0n) is 21.6. The van der Waals surface area contributed by atoms with Gasteiger partial charge in [-0.05, 0) is 63.2 Å². The molecule has 0 saturated carbocycles. The van der Waals surface area contributed by atoms with Crippen LogP contribution in [0.4, 0.5) is 10.1 Å². The second-order valence-electron chi connectivity index (χ2n) is 8.44. The predicted molar refractivity (Wildman–Crippen MR) is 144 cm³/mol. The number of carbonyl (C=O) groups is 2. The van der Waals surface area contributed by atoms with Crippen LogP contribution in [0.2, 0.25) is 0 Å². The molecule has 0 aliphatic rings. The average molecular weight is 542 g/mol. The summed E-state index contributed by atoms with van der Waals surface area (Å²) in [6, 6.07) is 19.1. The summed E-state index contributed by atoms with van der Waals surface area (Å²) < 4.78 is 48.4. The van der Waals surface area contributed by atoms with E-state index in [4.69, 9.17) is 4.74 Å². The first-order chi connectivity index (χ1) is 18.2. The number of ether oxygens (including phenoxy) is 1. The summed E-state index contributed by atoms with van der Waals surface area (Å²) >= 11 is 0. The van der Waals surface area contributed by atoms with E-state index in [0.29, 0.717) is 18.9 Å². The highest BCUT2D eigenvalue weighted by atomic mass is 32.2. The van der Waals surface area contributed by atoms with Gasteiger partial charge >= 0.3 is 0 Å². The maximum Gasteiger partial charge on any atom is 0.264 e. The Labute approximate surface area is 223 Å². The Morgan fingerprint density at radius 3 is 2.18 bits per heavy atom. The van der Waals surface area contributed by atoms with E-state index in [1.165, 1.54) is 42.2 Å². The zero-order chi connectivity index (χ0) is 27.7. The van der Waals surface area contributed by atoms with Gasteiger partial charge in [-0.3, -0.25) is 13.9 Å². The van der Waals surface area contributed by atoms with E-state index in [1.807, 2.05) is 6.92 Å². The van der Waals surface area contributed by atoms with Crippen molar-refractivity contribution in [2.75, 3.05) is 24.0 Å². The molecule has 3 aromatic rings. The Morgan fingerprint density at radius 2 is 1.58 bits per heavy atom. The molecule has 10 heteroatoms. The fourth-order valence-corrected chi connectivity index (χ4v) is 5.25. The number of nitrogens with zero attached hydrogens (tertiary/aromatic N) is 2. The number of likely N-dealkylation sites (N-methyl/N-ethyl adjacent to an activating group) is 1. The number of halogens is 1. The Kier molecular flexibility index (Phi) is 9.84. The number of amides is 2. The monoisotopic (exact) mass is 541 g/mol. The fraction of sp³-hybridized carbons (Fsp3) is 0.286. The number of hydrogen-bond acceptors (Lipinski definition) is 5. The molecular weight excluding hydrogens is 509 g/mol. The van der Waals surface area contributed by atoms with E-state index in [9.17, 15) is 22.4 Å². The van der Waals surface area contributed by atoms with Crippen molar-refractivity contribution >= 4 is 27.5 Å². The average Bonchev–Trinajstić information content (AvgIpc) is 2.92. The Bertz CT molecular complexity index is 1330. The van der Waals surface area contributed by atoms with E-state index >= 15 is 0 Å². The molecule has 0 fully saturated rings. The van der Waals surface area contributed by atoms with Gasteiger partial charge in [0.05, 0.1) is 17.2 Å². The van der Waals surface area contributed by atoms with Crippen molar-refractivity contribution in [1.29, 1.82) is 0 Å². The van der Waals surface area contributed by atoms with Crippen LogP contribution in [0.1, 0.15) is 26.3 Å². The highest BCUT2D eigenvalue weighted by Gasteiger charge is 2.32. The third-order valence-corrected chi connectivity index (χ3v) is 7.65. The third-order valence-electron chi connectivity index (χ3n) is 5.86. The summed E-state index contributed by atoms with van der Waals surface area (Å²) in [7, 11) is -4.20. The largest absolute Gasteiger partial charge is 0.494 e. The quantitative estimate of drug-likeness (QED) is 0.374. The summed E-state index contributed by atoms with van der Waals surface area (Å²) in [6.45, 7) is 5.05. The molecule has 0 radical (unpaired) electrons. The van der Waals surface area contributed by atoms with Crippen LogP contribution >= 0.6 is 0 Å². The van der Waals surface area contributed by atoms with Crippen LogP contribution in [-0.2, 0) is 26.2 Å². The van der Waals surface area contributed by atoms with Crippen molar-refractivity contribution < 1.29 is 27.1 Å². The van der Waals surface area contributed by atoms with Gasteiger partial charge in [0, 0.05) is 18.7 Å². The predicted octanol–water partition coefficient (Wildman–Crippen LogP) is 3.97. The minimum Gasteiger partial charge on any atom is -0.494 e. The van der Waals surface area contributed by atoms with Crippen LogP contribution < -0.4 is 14.4 Å². The van der Waals surface area contributed by atoms with E-state index in [-0.39, 0.29) is 22.7 Å². The highest BCUT2D eigenvalue weighted by molar-refractivity contribution is 7.92. The van der Waals surface area contributed by atoms with Gasteiger partial charge in [0.1, 0.15) is 24.2 Å². The Hall–Kier alpha value is -3.92. The van der Waals surface area contributed by atoms with Crippen molar-refractivity contribution in [3.05, 3.63) is 90.2 Å². The summed E-state index contributed by atoms with van der Waals surface area (Å²) in [6.07, 6.45) is 0. The lowest BCUT2D eigenvalue weighted by Gasteiger charge is -2.32. The van der Waals surface area contributed by atoms with E-state index in [1.54, 1.807) is 55.5 Å². The van der Waals surface area contributed by atoms with E-state index < -0.39 is 40.2 Å². The smallest absolute Gasteiger partial charge is 0.264 e. The maximum atomic E-state index is 14.5.